The van der Waals surface area contributed by atoms with Crippen molar-refractivity contribution in [3.05, 3.63) is 58.6 Å². The van der Waals surface area contributed by atoms with Crippen molar-refractivity contribution in [1.82, 2.24) is 4.72 Å². The molecule has 0 aromatic heterocycles. The zero-order valence-electron chi connectivity index (χ0n) is 16.1. The number of hydrogen-bond donors (Lipinski definition) is 1. The van der Waals surface area contributed by atoms with E-state index in [4.69, 9.17) is 21.1 Å². The van der Waals surface area contributed by atoms with E-state index in [0.29, 0.717) is 17.4 Å². The third kappa shape index (κ3) is 5.45. The summed E-state index contributed by atoms with van der Waals surface area (Å²) in [5.41, 5.74) is 0.715. The Morgan fingerprint density at radius 1 is 1.19 bits per heavy atom. The number of nitrogens with one attached hydrogen (secondary N) is 1. The summed E-state index contributed by atoms with van der Waals surface area (Å²) in [6, 6.07) is 12.0. The monoisotopic (exact) mass is 411 g/mol. The lowest BCUT2D eigenvalue weighted by Gasteiger charge is -2.29. The molecule has 2 aromatic carbocycles. The standard InChI is InChI=1S/C20H26ClNO4S/c1-5-11-26-19-10-9-18(12-15(19)2)27(23,24)22-14-20(3,25-4)16-7-6-8-17(21)13-16/h6-10,12-13,22H,5,11,14H2,1-4H3. The fourth-order valence-electron chi connectivity index (χ4n) is 2.59. The molecule has 0 bridgehead atoms. The van der Waals surface area contributed by atoms with E-state index in [1.807, 2.05) is 32.9 Å². The van der Waals surface area contributed by atoms with Gasteiger partial charge in [-0.15, -0.1) is 0 Å². The Balaban J connectivity index is 2.19. The van der Waals surface area contributed by atoms with E-state index in [0.717, 1.165) is 17.5 Å². The molecule has 0 aliphatic heterocycles. The van der Waals surface area contributed by atoms with Crippen LogP contribution in [0.4, 0.5) is 0 Å². The van der Waals surface area contributed by atoms with E-state index < -0.39 is 15.6 Å². The number of halogens is 1. The van der Waals surface area contributed by atoms with Crippen molar-refractivity contribution in [2.75, 3.05) is 20.3 Å². The van der Waals surface area contributed by atoms with Crippen LogP contribution in [0.5, 0.6) is 5.75 Å². The highest BCUT2D eigenvalue weighted by molar-refractivity contribution is 7.89. The number of aryl methyl sites for hydroxylation is 1. The Morgan fingerprint density at radius 2 is 1.93 bits per heavy atom. The van der Waals surface area contributed by atoms with Crippen molar-refractivity contribution in [3.8, 4) is 5.75 Å². The molecule has 7 heteroatoms. The minimum Gasteiger partial charge on any atom is -0.493 e. The van der Waals surface area contributed by atoms with Gasteiger partial charge in [0.1, 0.15) is 11.4 Å². The molecular formula is C20H26ClNO4S. The van der Waals surface area contributed by atoms with Crippen LogP contribution in [0.1, 0.15) is 31.4 Å². The van der Waals surface area contributed by atoms with Crippen molar-refractivity contribution >= 4 is 21.6 Å². The molecule has 0 heterocycles. The zero-order valence-corrected chi connectivity index (χ0v) is 17.7. The minimum absolute atomic E-state index is 0.0688. The van der Waals surface area contributed by atoms with Crippen molar-refractivity contribution in [1.29, 1.82) is 0 Å². The molecule has 0 radical (unpaired) electrons. The third-order valence-electron chi connectivity index (χ3n) is 4.40. The molecule has 0 amide bonds. The summed E-state index contributed by atoms with van der Waals surface area (Å²) in [5.74, 6) is 0.691. The van der Waals surface area contributed by atoms with Crippen molar-refractivity contribution in [2.45, 2.75) is 37.7 Å². The van der Waals surface area contributed by atoms with Crippen molar-refractivity contribution in [2.24, 2.45) is 0 Å². The van der Waals surface area contributed by atoms with Gasteiger partial charge in [-0.25, -0.2) is 13.1 Å². The van der Waals surface area contributed by atoms with E-state index in [1.54, 1.807) is 37.4 Å². The highest BCUT2D eigenvalue weighted by Gasteiger charge is 2.29. The normalized spacial score (nSPS) is 14.0. The summed E-state index contributed by atoms with van der Waals surface area (Å²) < 4.78 is 39.3. The average Bonchev–Trinajstić information content (AvgIpc) is 2.65. The van der Waals surface area contributed by atoms with Gasteiger partial charge in [0, 0.05) is 18.7 Å². The summed E-state index contributed by atoms with van der Waals surface area (Å²) in [4.78, 5) is 0.188. The number of hydrogen-bond acceptors (Lipinski definition) is 4. The fraction of sp³-hybridized carbons (Fsp3) is 0.400. The van der Waals surface area contributed by atoms with Crippen LogP contribution in [-0.2, 0) is 20.4 Å². The first-order valence-corrected chi connectivity index (χ1v) is 10.6. The van der Waals surface area contributed by atoms with Crippen LogP contribution in [0.2, 0.25) is 5.02 Å². The lowest BCUT2D eigenvalue weighted by atomic mass is 9.96. The van der Waals surface area contributed by atoms with Gasteiger partial charge in [0.15, 0.2) is 0 Å². The molecule has 5 nitrogen and oxygen atoms in total. The predicted molar refractivity (Wildman–Crippen MR) is 108 cm³/mol. The molecule has 0 aliphatic carbocycles. The molecule has 0 saturated carbocycles. The molecule has 1 unspecified atom stereocenters. The van der Waals surface area contributed by atoms with Gasteiger partial charge in [-0.05, 0) is 61.7 Å². The number of ether oxygens (including phenoxy) is 2. The first-order valence-electron chi connectivity index (χ1n) is 8.76. The quantitative estimate of drug-likeness (QED) is 0.668. The Labute approximate surface area is 166 Å². The maximum atomic E-state index is 12.7. The lowest BCUT2D eigenvalue weighted by molar-refractivity contribution is 0.00699. The molecule has 1 atom stereocenters. The lowest BCUT2D eigenvalue weighted by Crippen LogP contribution is -2.40. The molecule has 0 spiro atoms. The SMILES string of the molecule is CCCOc1ccc(S(=O)(=O)NCC(C)(OC)c2cccc(Cl)c2)cc1C. The Hall–Kier alpha value is -1.60. The van der Waals surface area contributed by atoms with Gasteiger partial charge in [0.2, 0.25) is 10.0 Å². The van der Waals surface area contributed by atoms with Gasteiger partial charge >= 0.3 is 0 Å². The summed E-state index contributed by atoms with van der Waals surface area (Å²) in [6.45, 7) is 6.32. The summed E-state index contributed by atoms with van der Waals surface area (Å²) in [7, 11) is -2.16. The summed E-state index contributed by atoms with van der Waals surface area (Å²) >= 11 is 6.06. The molecule has 0 aliphatic rings. The second-order valence-electron chi connectivity index (χ2n) is 6.55. The average molecular weight is 412 g/mol. The highest BCUT2D eigenvalue weighted by atomic mass is 35.5. The second kappa shape index (κ2) is 9.06. The summed E-state index contributed by atoms with van der Waals surface area (Å²) in [6.07, 6.45) is 0.889. The van der Waals surface area contributed by atoms with Gasteiger partial charge in [-0.3, -0.25) is 0 Å². The van der Waals surface area contributed by atoms with Crippen LogP contribution < -0.4 is 9.46 Å². The van der Waals surface area contributed by atoms with Crippen LogP contribution in [0.15, 0.2) is 47.4 Å². The third-order valence-corrected chi connectivity index (χ3v) is 6.04. The predicted octanol–water partition coefficient (Wildman–Crippen LogP) is 4.28. The molecule has 27 heavy (non-hydrogen) atoms. The highest BCUT2D eigenvalue weighted by Crippen LogP contribution is 2.27. The topological polar surface area (TPSA) is 64.6 Å². The van der Waals surface area contributed by atoms with Crippen LogP contribution >= 0.6 is 11.6 Å². The Morgan fingerprint density at radius 3 is 2.52 bits per heavy atom. The largest absolute Gasteiger partial charge is 0.493 e. The molecule has 148 valence electrons. The van der Waals surface area contributed by atoms with Gasteiger partial charge < -0.3 is 9.47 Å². The smallest absolute Gasteiger partial charge is 0.240 e. The molecular weight excluding hydrogens is 386 g/mol. The number of sulfonamides is 1. The maximum Gasteiger partial charge on any atom is 0.240 e. The van der Waals surface area contributed by atoms with E-state index in [-0.39, 0.29) is 11.4 Å². The number of rotatable bonds is 9. The minimum atomic E-state index is -3.70. The summed E-state index contributed by atoms with van der Waals surface area (Å²) in [5, 5.41) is 0.567. The van der Waals surface area contributed by atoms with Crippen molar-refractivity contribution < 1.29 is 17.9 Å². The zero-order chi connectivity index (χ0) is 20.1. The number of methoxy groups -OCH3 is 1. The van der Waals surface area contributed by atoms with Crippen LogP contribution in [-0.4, -0.2) is 28.7 Å². The number of benzene rings is 2. The molecule has 0 fully saturated rings. The van der Waals surface area contributed by atoms with Crippen LogP contribution in [0.25, 0.3) is 0 Å². The first-order chi connectivity index (χ1) is 12.7. The van der Waals surface area contributed by atoms with Crippen LogP contribution in [0, 0.1) is 6.92 Å². The maximum absolute atomic E-state index is 12.7. The first kappa shape index (κ1) is 21.7. The van der Waals surface area contributed by atoms with E-state index in [2.05, 4.69) is 4.72 Å². The van der Waals surface area contributed by atoms with E-state index in [1.165, 1.54) is 0 Å². The van der Waals surface area contributed by atoms with E-state index in [9.17, 15) is 8.42 Å². The second-order valence-corrected chi connectivity index (χ2v) is 8.75. The van der Waals surface area contributed by atoms with Gasteiger partial charge in [-0.2, -0.15) is 0 Å². The van der Waals surface area contributed by atoms with Crippen molar-refractivity contribution in [3.63, 3.8) is 0 Å². The fourth-order valence-corrected chi connectivity index (χ4v) is 3.99. The van der Waals surface area contributed by atoms with Crippen LogP contribution in [0.3, 0.4) is 0 Å². The molecule has 2 rings (SSSR count). The molecule has 2 aromatic rings. The van der Waals surface area contributed by atoms with E-state index >= 15 is 0 Å². The molecule has 1 N–H and O–H groups in total. The van der Waals surface area contributed by atoms with Gasteiger partial charge in [-0.1, -0.05) is 30.7 Å². The van der Waals surface area contributed by atoms with Gasteiger partial charge in [0.25, 0.3) is 0 Å². The molecule has 0 saturated heterocycles. The Bertz CT molecular complexity index is 885. The Kier molecular flexibility index (Phi) is 7.28. The van der Waals surface area contributed by atoms with Gasteiger partial charge in [0.05, 0.1) is 11.5 Å².